The fourth-order valence-corrected chi connectivity index (χ4v) is 10.7. The number of primary amides is 1. The normalized spacial score (nSPS) is 45.6. The number of nitrogens with two attached hydrogens (primary N) is 1. The van der Waals surface area contributed by atoms with E-state index in [4.69, 9.17) is 5.73 Å². The van der Waals surface area contributed by atoms with E-state index in [9.17, 15) is 39.3 Å². The summed E-state index contributed by atoms with van der Waals surface area (Å²) in [6.07, 6.45) is 4.09. The number of fused-ring (bicyclic) bond motifs is 3. The molecule has 8 atom stereocenters. The second kappa shape index (κ2) is 9.03. The molecule has 42 heavy (non-hydrogen) atoms. The molecule has 0 heterocycles. The van der Waals surface area contributed by atoms with E-state index in [0.717, 1.165) is 37.5 Å². The number of aliphatic hydroxyl groups excluding tert-OH is 1. The van der Waals surface area contributed by atoms with Crippen LogP contribution in [0.3, 0.4) is 0 Å². The SMILES string of the molecule is CC1c2ccc(C3C4CC5CC(C4)CC3C5)c(O)c2C(=O)C2C(=O)C3(O)C(=O)C(C(N)=O)C(=O)C(N(C)C)C3C(O)C21. The molecule has 224 valence electrons. The maximum atomic E-state index is 14.2. The van der Waals surface area contributed by atoms with Gasteiger partial charge in [0.1, 0.15) is 5.75 Å². The van der Waals surface area contributed by atoms with Gasteiger partial charge in [-0.2, -0.15) is 0 Å². The number of benzene rings is 1. The molecule has 0 radical (unpaired) electrons. The summed E-state index contributed by atoms with van der Waals surface area (Å²) in [5.41, 5.74) is 3.62. The number of carbonyl (C=O) groups is 5. The number of rotatable bonds is 3. The zero-order chi connectivity index (χ0) is 30.2. The predicted molar refractivity (Wildman–Crippen MR) is 147 cm³/mol. The molecular weight excluding hydrogens is 540 g/mol. The summed E-state index contributed by atoms with van der Waals surface area (Å²) in [5.74, 6) is -10.3. The summed E-state index contributed by atoms with van der Waals surface area (Å²) in [5, 5.41) is 35.3. The van der Waals surface area contributed by atoms with Gasteiger partial charge >= 0.3 is 0 Å². The van der Waals surface area contributed by atoms with Crippen LogP contribution in [0, 0.1) is 47.3 Å². The Morgan fingerprint density at radius 1 is 0.952 bits per heavy atom. The third kappa shape index (κ3) is 3.34. The molecule has 0 aliphatic heterocycles. The molecule has 7 aliphatic rings. The van der Waals surface area contributed by atoms with E-state index in [0.29, 0.717) is 23.0 Å². The number of phenols is 1. The third-order valence-electron chi connectivity index (χ3n) is 12.1. The number of phenolic OH excluding ortho intramolecular Hbond substituents is 1. The molecule has 7 aliphatic carbocycles. The number of nitrogens with zero attached hydrogens (tertiary/aromatic N) is 1. The lowest BCUT2D eigenvalue weighted by Crippen LogP contribution is -2.77. The minimum Gasteiger partial charge on any atom is -0.507 e. The van der Waals surface area contributed by atoms with Crippen molar-refractivity contribution in [2.75, 3.05) is 14.1 Å². The summed E-state index contributed by atoms with van der Waals surface area (Å²) in [4.78, 5) is 68.9. The van der Waals surface area contributed by atoms with E-state index in [1.165, 1.54) is 25.4 Å². The summed E-state index contributed by atoms with van der Waals surface area (Å²) in [6.45, 7) is 1.75. The molecule has 1 aromatic rings. The van der Waals surface area contributed by atoms with E-state index >= 15 is 0 Å². The first-order chi connectivity index (χ1) is 19.8. The Morgan fingerprint density at radius 3 is 2.07 bits per heavy atom. The molecule has 0 saturated heterocycles. The van der Waals surface area contributed by atoms with Crippen molar-refractivity contribution < 1.29 is 39.3 Å². The van der Waals surface area contributed by atoms with E-state index in [1.54, 1.807) is 6.92 Å². The van der Waals surface area contributed by atoms with Crippen molar-refractivity contribution in [2.45, 2.75) is 68.6 Å². The first-order valence-corrected chi connectivity index (χ1v) is 15.2. The third-order valence-corrected chi connectivity index (χ3v) is 12.1. The smallest absolute Gasteiger partial charge is 0.235 e. The van der Waals surface area contributed by atoms with Gasteiger partial charge in [0, 0.05) is 5.92 Å². The van der Waals surface area contributed by atoms with Gasteiger partial charge in [-0.05, 0) is 92.8 Å². The molecular formula is C32H38N2O8. The molecule has 1 amide bonds. The molecule has 10 nitrogen and oxygen atoms in total. The van der Waals surface area contributed by atoms with Crippen LogP contribution in [-0.2, 0) is 19.2 Å². The largest absolute Gasteiger partial charge is 0.507 e. The lowest BCUT2D eigenvalue weighted by Gasteiger charge is -2.56. The van der Waals surface area contributed by atoms with Gasteiger partial charge < -0.3 is 21.1 Å². The van der Waals surface area contributed by atoms with Crippen molar-refractivity contribution in [3.05, 3.63) is 28.8 Å². The van der Waals surface area contributed by atoms with E-state index in [-0.39, 0.29) is 17.2 Å². The highest BCUT2D eigenvalue weighted by Gasteiger charge is 2.73. The molecule has 10 heteroatoms. The van der Waals surface area contributed by atoms with Crippen LogP contribution in [0.4, 0.5) is 0 Å². The first kappa shape index (κ1) is 27.9. The Kier molecular flexibility index (Phi) is 5.99. The molecule has 1 aromatic carbocycles. The first-order valence-electron chi connectivity index (χ1n) is 15.2. The number of likely N-dealkylation sites (N-methyl/N-ethyl adjacent to an activating group) is 1. The zero-order valence-corrected chi connectivity index (χ0v) is 24.0. The van der Waals surface area contributed by atoms with E-state index < -0.39 is 76.4 Å². The highest BCUT2D eigenvalue weighted by Crippen LogP contribution is 2.62. The number of Topliss-reactive ketones (excluding diaryl/α,β-unsaturated/α-hetero) is 4. The van der Waals surface area contributed by atoms with Gasteiger partial charge in [-0.15, -0.1) is 0 Å². The topological polar surface area (TPSA) is 175 Å². The number of ketones is 4. The van der Waals surface area contributed by atoms with Crippen molar-refractivity contribution in [3.63, 3.8) is 0 Å². The molecule has 8 unspecified atom stereocenters. The van der Waals surface area contributed by atoms with Crippen LogP contribution in [0.1, 0.15) is 72.3 Å². The fraction of sp³-hybridized carbons (Fsp3) is 0.656. The average Bonchev–Trinajstić information content (AvgIpc) is 2.90. The number of aliphatic hydroxyl groups is 2. The highest BCUT2D eigenvalue weighted by molar-refractivity contribution is 6.32. The van der Waals surface area contributed by atoms with Crippen molar-refractivity contribution in [1.82, 2.24) is 4.90 Å². The molecule has 0 spiro atoms. The molecule has 8 rings (SSSR count). The lowest BCUT2D eigenvalue weighted by molar-refractivity contribution is -0.196. The van der Waals surface area contributed by atoms with E-state index in [1.807, 2.05) is 12.1 Å². The maximum Gasteiger partial charge on any atom is 0.235 e. The van der Waals surface area contributed by atoms with Gasteiger partial charge in [0.25, 0.3) is 0 Å². The van der Waals surface area contributed by atoms with E-state index in [2.05, 4.69) is 0 Å². The number of hydrogen-bond acceptors (Lipinski definition) is 9. The zero-order valence-electron chi connectivity index (χ0n) is 24.0. The molecule has 6 saturated carbocycles. The Bertz CT molecular complexity index is 1420. The predicted octanol–water partition coefficient (Wildman–Crippen LogP) is 0.939. The number of hydrogen-bond donors (Lipinski definition) is 4. The second-order valence-electron chi connectivity index (χ2n) is 14.3. The highest BCUT2D eigenvalue weighted by atomic mass is 16.3. The van der Waals surface area contributed by atoms with Gasteiger partial charge in [-0.1, -0.05) is 19.1 Å². The minimum atomic E-state index is -2.98. The monoisotopic (exact) mass is 578 g/mol. The van der Waals surface area contributed by atoms with Gasteiger partial charge in [0.05, 0.1) is 29.5 Å². The summed E-state index contributed by atoms with van der Waals surface area (Å²) >= 11 is 0. The lowest BCUT2D eigenvalue weighted by atomic mass is 9.49. The molecule has 0 aromatic heterocycles. The Labute approximate surface area is 243 Å². The molecule has 4 bridgehead atoms. The van der Waals surface area contributed by atoms with Crippen LogP contribution in [-0.4, -0.2) is 81.1 Å². The van der Waals surface area contributed by atoms with Gasteiger partial charge in [0.15, 0.2) is 34.7 Å². The van der Waals surface area contributed by atoms with Crippen molar-refractivity contribution >= 4 is 29.0 Å². The number of amides is 1. The van der Waals surface area contributed by atoms with Crippen molar-refractivity contribution in [3.8, 4) is 5.75 Å². The summed E-state index contributed by atoms with van der Waals surface area (Å²) in [6, 6.07) is 2.34. The van der Waals surface area contributed by atoms with Crippen LogP contribution < -0.4 is 5.73 Å². The van der Waals surface area contributed by atoms with Crippen LogP contribution in [0.15, 0.2) is 12.1 Å². The summed E-state index contributed by atoms with van der Waals surface area (Å²) < 4.78 is 0. The maximum absolute atomic E-state index is 14.2. The quantitative estimate of drug-likeness (QED) is 0.380. The number of aromatic hydroxyl groups is 1. The van der Waals surface area contributed by atoms with Crippen LogP contribution in [0.25, 0.3) is 0 Å². The number of carbonyl (C=O) groups excluding carboxylic acids is 5. The molecule has 6 fully saturated rings. The Balaban J connectivity index is 1.34. The summed E-state index contributed by atoms with van der Waals surface area (Å²) in [7, 11) is 2.96. The standard InChI is InChI=1S/C32H38N2O8/c1-11-16-4-5-17(19-14-7-12-6-13(9-14)10-15(19)8-12)25(35)20(16)26(36)21-18(11)27(37)23-24(34(2)3)28(38)22(31(33)41)30(40)32(23,42)29(21)39/h4-5,11-15,18-19,21-24,27,35,37,42H,6-10H2,1-3H3,(H2,33,41). The van der Waals surface area contributed by atoms with Crippen molar-refractivity contribution in [1.29, 1.82) is 0 Å². The fourth-order valence-electron chi connectivity index (χ4n) is 10.7. The van der Waals surface area contributed by atoms with Crippen molar-refractivity contribution in [2.24, 2.45) is 53.1 Å². The second-order valence-corrected chi connectivity index (χ2v) is 14.3. The van der Waals surface area contributed by atoms with Crippen LogP contribution in [0.2, 0.25) is 0 Å². The van der Waals surface area contributed by atoms with Crippen LogP contribution in [0.5, 0.6) is 5.75 Å². The van der Waals surface area contributed by atoms with Gasteiger partial charge in [-0.3, -0.25) is 28.9 Å². The minimum absolute atomic E-state index is 0.00704. The van der Waals surface area contributed by atoms with Crippen LogP contribution >= 0.6 is 0 Å². The van der Waals surface area contributed by atoms with Gasteiger partial charge in [-0.25, -0.2) is 0 Å². The average molecular weight is 579 g/mol. The van der Waals surface area contributed by atoms with Gasteiger partial charge in [0.2, 0.25) is 5.91 Å². The Hall–Kier alpha value is -2.95. The molecule has 5 N–H and O–H groups in total. The Morgan fingerprint density at radius 2 is 1.52 bits per heavy atom.